The zero-order valence-electron chi connectivity index (χ0n) is 12.9. The quantitative estimate of drug-likeness (QED) is 0.847. The Kier molecular flexibility index (Phi) is 4.34. The number of carbonyl (C=O) groups is 2. The summed E-state index contributed by atoms with van der Waals surface area (Å²) in [5.74, 6) is 0.239. The van der Waals surface area contributed by atoms with Gasteiger partial charge in [-0.3, -0.25) is 9.59 Å². The second-order valence-corrected chi connectivity index (χ2v) is 6.77. The minimum absolute atomic E-state index is 0.0618. The molecule has 1 fully saturated rings. The van der Waals surface area contributed by atoms with Crippen LogP contribution in [0.5, 0.6) is 0 Å². The first-order valence-electron chi connectivity index (χ1n) is 7.51. The van der Waals surface area contributed by atoms with Crippen LogP contribution >= 0.6 is 11.3 Å². The normalized spacial score (nSPS) is 14.4. The van der Waals surface area contributed by atoms with E-state index in [1.165, 1.54) is 0 Å². The van der Waals surface area contributed by atoms with Crippen molar-refractivity contribution in [2.75, 3.05) is 24.1 Å². The van der Waals surface area contributed by atoms with E-state index in [4.69, 9.17) is 5.73 Å². The first kappa shape index (κ1) is 15.6. The molecule has 0 bridgehead atoms. The van der Waals surface area contributed by atoms with E-state index < -0.39 is 0 Å². The van der Waals surface area contributed by atoms with Crippen molar-refractivity contribution in [1.29, 1.82) is 0 Å². The van der Waals surface area contributed by atoms with Gasteiger partial charge < -0.3 is 16.0 Å². The van der Waals surface area contributed by atoms with Gasteiger partial charge >= 0.3 is 0 Å². The molecule has 1 aromatic heterocycles. The fourth-order valence-electron chi connectivity index (χ4n) is 2.68. The number of carbonyl (C=O) groups excluding carboxylic acids is 2. The zero-order valence-corrected chi connectivity index (χ0v) is 13.7. The summed E-state index contributed by atoms with van der Waals surface area (Å²) in [6.07, 6.45) is 0.409. The summed E-state index contributed by atoms with van der Waals surface area (Å²) in [6.45, 7) is 2.87. The van der Waals surface area contributed by atoms with Gasteiger partial charge in [0.1, 0.15) is 0 Å². The zero-order chi connectivity index (χ0) is 16.4. The van der Waals surface area contributed by atoms with Gasteiger partial charge in [0.15, 0.2) is 0 Å². The Morgan fingerprint density at radius 2 is 2.13 bits per heavy atom. The van der Waals surface area contributed by atoms with Crippen LogP contribution in [-0.4, -0.2) is 29.8 Å². The lowest BCUT2D eigenvalue weighted by Crippen LogP contribution is -2.50. The summed E-state index contributed by atoms with van der Waals surface area (Å²) in [6, 6.07) is 9.69. The summed E-state index contributed by atoms with van der Waals surface area (Å²) in [5, 5.41) is 4.91. The number of nitrogens with two attached hydrogens (primary N) is 1. The first-order valence-corrected chi connectivity index (χ1v) is 8.39. The van der Waals surface area contributed by atoms with Crippen LogP contribution < -0.4 is 11.1 Å². The number of benzene rings is 1. The van der Waals surface area contributed by atoms with E-state index in [1.54, 1.807) is 23.2 Å². The molecule has 2 aromatic rings. The van der Waals surface area contributed by atoms with Gasteiger partial charge in [-0.05, 0) is 29.1 Å². The number of anilines is 2. The second-order valence-electron chi connectivity index (χ2n) is 5.82. The molecule has 3 rings (SSSR count). The fourth-order valence-corrected chi connectivity index (χ4v) is 3.40. The Bertz CT molecular complexity index is 721. The molecule has 1 aromatic carbocycles. The largest absolute Gasteiger partial charge is 0.397 e. The predicted octanol–water partition coefficient (Wildman–Crippen LogP) is 2.80. The summed E-state index contributed by atoms with van der Waals surface area (Å²) in [5.41, 5.74) is 8.20. The standard InChI is InChI=1S/C17H19N3O2S/c1-11(21)20-9-12(10-20)7-17(22)19-15-8-13(4-5-14(15)18)16-3-2-6-23-16/h2-6,8,12H,7,9-10,18H2,1H3,(H,19,22). The lowest BCUT2D eigenvalue weighted by Gasteiger charge is -2.38. The highest BCUT2D eigenvalue weighted by Crippen LogP contribution is 2.30. The van der Waals surface area contributed by atoms with E-state index >= 15 is 0 Å². The number of nitrogen functional groups attached to an aromatic ring is 1. The monoisotopic (exact) mass is 329 g/mol. The molecule has 0 radical (unpaired) electrons. The Morgan fingerprint density at radius 3 is 2.78 bits per heavy atom. The number of likely N-dealkylation sites (tertiary alicyclic amines) is 1. The fraction of sp³-hybridized carbons (Fsp3) is 0.294. The highest BCUT2D eigenvalue weighted by atomic mass is 32.1. The van der Waals surface area contributed by atoms with E-state index in [0.29, 0.717) is 30.9 Å². The summed E-state index contributed by atoms with van der Waals surface area (Å²) < 4.78 is 0. The molecule has 23 heavy (non-hydrogen) atoms. The molecule has 2 heterocycles. The molecule has 6 heteroatoms. The second kappa shape index (κ2) is 6.42. The average molecular weight is 329 g/mol. The Morgan fingerprint density at radius 1 is 1.35 bits per heavy atom. The van der Waals surface area contributed by atoms with Crippen LogP contribution in [0.4, 0.5) is 11.4 Å². The molecular weight excluding hydrogens is 310 g/mol. The SMILES string of the molecule is CC(=O)N1CC(CC(=O)Nc2cc(-c3cccs3)ccc2N)C1. The lowest BCUT2D eigenvalue weighted by molar-refractivity contribution is -0.136. The molecule has 0 aliphatic carbocycles. The number of hydrogen-bond acceptors (Lipinski definition) is 4. The topological polar surface area (TPSA) is 75.4 Å². The van der Waals surface area contributed by atoms with Crippen molar-refractivity contribution in [3.63, 3.8) is 0 Å². The Balaban J connectivity index is 1.62. The minimum Gasteiger partial charge on any atom is -0.397 e. The highest BCUT2D eigenvalue weighted by molar-refractivity contribution is 7.13. The van der Waals surface area contributed by atoms with Crippen molar-refractivity contribution in [3.8, 4) is 10.4 Å². The summed E-state index contributed by atoms with van der Waals surface area (Å²) in [4.78, 5) is 26.2. The lowest BCUT2D eigenvalue weighted by atomic mass is 9.96. The van der Waals surface area contributed by atoms with E-state index in [1.807, 2.05) is 35.7 Å². The molecule has 2 amide bonds. The van der Waals surface area contributed by atoms with Crippen LogP contribution in [-0.2, 0) is 9.59 Å². The van der Waals surface area contributed by atoms with E-state index in [0.717, 1.165) is 10.4 Å². The molecule has 1 saturated heterocycles. The van der Waals surface area contributed by atoms with E-state index in [9.17, 15) is 9.59 Å². The molecule has 0 unspecified atom stereocenters. The maximum Gasteiger partial charge on any atom is 0.224 e. The minimum atomic E-state index is -0.0618. The van der Waals surface area contributed by atoms with Crippen molar-refractivity contribution in [2.45, 2.75) is 13.3 Å². The molecule has 1 aliphatic rings. The van der Waals surface area contributed by atoms with Gasteiger partial charge in [-0.25, -0.2) is 0 Å². The number of thiophene rings is 1. The van der Waals surface area contributed by atoms with E-state index in [2.05, 4.69) is 5.32 Å². The molecular formula is C17H19N3O2S. The van der Waals surface area contributed by atoms with Gasteiger partial charge in [-0.1, -0.05) is 12.1 Å². The number of nitrogens with one attached hydrogen (secondary N) is 1. The van der Waals surface area contributed by atoms with Crippen LogP contribution in [0.25, 0.3) is 10.4 Å². The third-order valence-corrected chi connectivity index (χ3v) is 4.93. The van der Waals surface area contributed by atoms with Crippen molar-refractivity contribution >= 4 is 34.5 Å². The smallest absolute Gasteiger partial charge is 0.224 e. The van der Waals surface area contributed by atoms with Crippen LogP contribution in [0.15, 0.2) is 35.7 Å². The molecule has 0 atom stereocenters. The number of rotatable bonds is 4. The molecule has 5 nitrogen and oxygen atoms in total. The summed E-state index contributed by atoms with van der Waals surface area (Å²) in [7, 11) is 0. The summed E-state index contributed by atoms with van der Waals surface area (Å²) >= 11 is 1.64. The van der Waals surface area contributed by atoms with Crippen LogP contribution in [0.3, 0.4) is 0 Å². The van der Waals surface area contributed by atoms with Gasteiger partial charge in [0.2, 0.25) is 11.8 Å². The van der Waals surface area contributed by atoms with Gasteiger partial charge in [-0.2, -0.15) is 0 Å². The molecule has 3 N–H and O–H groups in total. The number of amides is 2. The van der Waals surface area contributed by atoms with Gasteiger partial charge in [0.25, 0.3) is 0 Å². The molecule has 120 valence electrons. The van der Waals surface area contributed by atoms with Crippen molar-refractivity contribution in [1.82, 2.24) is 4.90 Å². The predicted molar refractivity (Wildman–Crippen MR) is 93.2 cm³/mol. The van der Waals surface area contributed by atoms with Gasteiger partial charge in [-0.15, -0.1) is 11.3 Å². The van der Waals surface area contributed by atoms with Crippen LogP contribution in [0.1, 0.15) is 13.3 Å². The number of nitrogens with zero attached hydrogens (tertiary/aromatic N) is 1. The Hall–Kier alpha value is -2.34. The third kappa shape index (κ3) is 3.53. The third-order valence-electron chi connectivity index (χ3n) is 4.01. The average Bonchev–Trinajstić information content (AvgIpc) is 2.98. The van der Waals surface area contributed by atoms with Crippen molar-refractivity contribution in [2.24, 2.45) is 5.92 Å². The maximum atomic E-state index is 12.2. The molecule has 0 spiro atoms. The van der Waals surface area contributed by atoms with Gasteiger partial charge in [0, 0.05) is 37.2 Å². The van der Waals surface area contributed by atoms with Crippen LogP contribution in [0.2, 0.25) is 0 Å². The first-order chi connectivity index (χ1) is 11.0. The molecule has 0 saturated carbocycles. The highest BCUT2D eigenvalue weighted by Gasteiger charge is 2.30. The Labute approximate surface area is 139 Å². The maximum absolute atomic E-state index is 12.2. The van der Waals surface area contributed by atoms with E-state index in [-0.39, 0.29) is 17.7 Å². The van der Waals surface area contributed by atoms with Gasteiger partial charge in [0.05, 0.1) is 11.4 Å². The van der Waals surface area contributed by atoms with Crippen molar-refractivity contribution in [3.05, 3.63) is 35.7 Å². The van der Waals surface area contributed by atoms with Crippen LogP contribution in [0, 0.1) is 5.92 Å². The molecule has 1 aliphatic heterocycles. The van der Waals surface area contributed by atoms with Crippen molar-refractivity contribution < 1.29 is 9.59 Å². The number of hydrogen-bond donors (Lipinski definition) is 2.